The molecule has 1 saturated heterocycles. The molecule has 2 heterocycles. The van der Waals surface area contributed by atoms with Gasteiger partial charge in [-0.15, -0.1) is 11.3 Å². The van der Waals surface area contributed by atoms with Gasteiger partial charge in [-0.1, -0.05) is 54.6 Å². The molecule has 5 rings (SSSR count). The van der Waals surface area contributed by atoms with Crippen LogP contribution in [0.25, 0.3) is 23.4 Å². The van der Waals surface area contributed by atoms with Gasteiger partial charge in [-0.2, -0.15) is 0 Å². The Morgan fingerprint density at radius 2 is 1.29 bits per heavy atom. The minimum atomic E-state index is -0.327. The molecular formula is C28H20F2N2OS. The van der Waals surface area contributed by atoms with Crippen LogP contribution in [0, 0.1) is 11.6 Å². The van der Waals surface area contributed by atoms with Crippen LogP contribution in [0.1, 0.15) is 11.1 Å². The lowest BCUT2D eigenvalue weighted by Crippen LogP contribution is -2.37. The van der Waals surface area contributed by atoms with Gasteiger partial charge in [-0.3, -0.25) is 4.79 Å². The van der Waals surface area contributed by atoms with E-state index in [0.29, 0.717) is 24.2 Å². The lowest BCUT2D eigenvalue weighted by Gasteiger charge is -2.29. The number of carbonyl (C=O) groups is 1. The van der Waals surface area contributed by atoms with Gasteiger partial charge >= 0.3 is 0 Å². The highest BCUT2D eigenvalue weighted by atomic mass is 32.1. The van der Waals surface area contributed by atoms with Crippen molar-refractivity contribution in [2.24, 2.45) is 0 Å². The molecule has 3 aromatic carbocycles. The fourth-order valence-electron chi connectivity index (χ4n) is 3.85. The minimum absolute atomic E-state index is 0.0789. The van der Waals surface area contributed by atoms with Crippen molar-refractivity contribution in [1.82, 2.24) is 4.98 Å². The maximum atomic E-state index is 13.4. The van der Waals surface area contributed by atoms with Gasteiger partial charge in [0, 0.05) is 35.2 Å². The summed E-state index contributed by atoms with van der Waals surface area (Å²) in [6.07, 6.45) is 3.58. The largest absolute Gasteiger partial charge is 0.339 e. The minimum Gasteiger partial charge on any atom is -0.339 e. The van der Waals surface area contributed by atoms with Gasteiger partial charge in [0.2, 0.25) is 0 Å². The number of Topliss-reactive ketones (excluding diaryl/α,β-unsaturated/α-hetero) is 1. The fourth-order valence-corrected chi connectivity index (χ4v) is 4.68. The monoisotopic (exact) mass is 470 g/mol. The number of aromatic nitrogens is 1. The molecule has 3 nitrogen and oxygen atoms in total. The first-order valence-corrected chi connectivity index (χ1v) is 11.7. The smallest absolute Gasteiger partial charge is 0.188 e. The van der Waals surface area contributed by atoms with Crippen LogP contribution in [0.15, 0.2) is 95.4 Å². The third-order valence-electron chi connectivity index (χ3n) is 5.56. The van der Waals surface area contributed by atoms with Crippen molar-refractivity contribution in [3.05, 3.63) is 118 Å². The second kappa shape index (κ2) is 9.53. The Balaban J connectivity index is 1.51. The van der Waals surface area contributed by atoms with Gasteiger partial charge in [-0.05, 0) is 47.5 Å². The topological polar surface area (TPSA) is 33.2 Å². The molecule has 0 bridgehead atoms. The molecular weight excluding hydrogens is 450 g/mol. The van der Waals surface area contributed by atoms with Gasteiger partial charge in [0.25, 0.3) is 0 Å². The van der Waals surface area contributed by atoms with Gasteiger partial charge in [0.05, 0.1) is 5.69 Å². The number of hydrogen-bond donors (Lipinski definition) is 0. The van der Waals surface area contributed by atoms with E-state index < -0.39 is 0 Å². The molecule has 4 aromatic rings. The maximum absolute atomic E-state index is 13.4. The Morgan fingerprint density at radius 3 is 1.82 bits per heavy atom. The number of thiazole rings is 1. The summed E-state index contributed by atoms with van der Waals surface area (Å²) in [5, 5.41) is 2.81. The first kappa shape index (κ1) is 21.9. The molecule has 34 heavy (non-hydrogen) atoms. The highest BCUT2D eigenvalue weighted by molar-refractivity contribution is 7.14. The number of hydrogen-bond acceptors (Lipinski definition) is 4. The van der Waals surface area contributed by atoms with Crippen LogP contribution in [0.3, 0.4) is 0 Å². The van der Waals surface area contributed by atoms with Crippen molar-refractivity contribution >= 4 is 34.4 Å². The van der Waals surface area contributed by atoms with Crippen LogP contribution in [0.5, 0.6) is 0 Å². The molecule has 1 fully saturated rings. The molecule has 168 valence electrons. The number of ketones is 1. The number of halogens is 2. The van der Waals surface area contributed by atoms with Gasteiger partial charge in [-0.25, -0.2) is 13.8 Å². The van der Waals surface area contributed by atoms with Crippen LogP contribution < -0.4 is 4.90 Å². The molecule has 6 heteroatoms. The standard InChI is InChI=1S/C28H20F2N2OS/c29-24-10-6-19(7-11-24)14-22-16-32(28-31-26(18-34-28)21-4-2-1-3-5-21)17-23(27(22)33)15-20-8-12-25(30)13-9-20/h1-15,18H,16-17H2/b22-14+,23-15+. The third-order valence-corrected chi connectivity index (χ3v) is 6.46. The maximum Gasteiger partial charge on any atom is 0.188 e. The zero-order valence-electron chi connectivity index (χ0n) is 18.1. The molecule has 1 aromatic heterocycles. The Labute approximate surface area is 200 Å². The molecule has 0 aliphatic carbocycles. The summed E-state index contributed by atoms with van der Waals surface area (Å²) in [5.41, 5.74) is 4.58. The van der Waals surface area contributed by atoms with E-state index in [9.17, 15) is 13.6 Å². The van der Waals surface area contributed by atoms with E-state index in [1.807, 2.05) is 35.7 Å². The molecule has 0 N–H and O–H groups in total. The first-order valence-electron chi connectivity index (χ1n) is 10.8. The van der Waals surface area contributed by atoms with Crippen molar-refractivity contribution < 1.29 is 13.6 Å². The van der Waals surface area contributed by atoms with Gasteiger partial charge < -0.3 is 4.90 Å². The van der Waals surface area contributed by atoms with Gasteiger partial charge in [0.1, 0.15) is 11.6 Å². The highest BCUT2D eigenvalue weighted by Crippen LogP contribution is 2.32. The van der Waals surface area contributed by atoms with Gasteiger partial charge in [0.15, 0.2) is 10.9 Å². The number of anilines is 1. The summed E-state index contributed by atoms with van der Waals surface area (Å²) in [5.74, 6) is -0.733. The van der Waals surface area contributed by atoms with E-state index in [1.165, 1.54) is 35.6 Å². The van der Waals surface area contributed by atoms with E-state index in [-0.39, 0.29) is 17.4 Å². The zero-order valence-corrected chi connectivity index (χ0v) is 18.9. The molecule has 0 saturated carbocycles. The molecule has 1 aliphatic rings. The van der Waals surface area contributed by atoms with Crippen LogP contribution in [0.2, 0.25) is 0 Å². The molecule has 0 atom stereocenters. The van der Waals surface area contributed by atoms with E-state index in [2.05, 4.69) is 4.90 Å². The Hall–Kier alpha value is -3.90. The van der Waals surface area contributed by atoms with Crippen molar-refractivity contribution in [1.29, 1.82) is 0 Å². The summed E-state index contributed by atoms with van der Waals surface area (Å²) < 4.78 is 26.7. The predicted molar refractivity (Wildman–Crippen MR) is 134 cm³/mol. The summed E-state index contributed by atoms with van der Waals surface area (Å²) in [6.45, 7) is 0.775. The van der Waals surface area contributed by atoms with Crippen LogP contribution in [-0.2, 0) is 4.79 Å². The second-order valence-corrected chi connectivity index (χ2v) is 8.85. The lowest BCUT2D eigenvalue weighted by molar-refractivity contribution is -0.112. The molecule has 0 unspecified atom stereocenters. The Kier molecular flexibility index (Phi) is 6.14. The van der Waals surface area contributed by atoms with Crippen LogP contribution in [-0.4, -0.2) is 23.9 Å². The van der Waals surface area contributed by atoms with Crippen molar-refractivity contribution in [3.63, 3.8) is 0 Å². The summed E-state index contributed by atoms with van der Waals surface area (Å²) >= 11 is 1.52. The normalized spacial score (nSPS) is 16.4. The molecule has 0 amide bonds. The third kappa shape index (κ3) is 4.87. The molecule has 0 radical (unpaired) electrons. The summed E-state index contributed by atoms with van der Waals surface area (Å²) in [7, 11) is 0. The van der Waals surface area contributed by atoms with Crippen molar-refractivity contribution in [2.45, 2.75) is 0 Å². The fraction of sp³-hybridized carbons (Fsp3) is 0.0714. The average Bonchev–Trinajstić information content (AvgIpc) is 3.35. The average molecular weight is 471 g/mol. The van der Waals surface area contributed by atoms with E-state index in [4.69, 9.17) is 4.98 Å². The lowest BCUT2D eigenvalue weighted by atomic mass is 9.94. The summed E-state index contributed by atoms with van der Waals surface area (Å²) in [4.78, 5) is 20.2. The molecule has 1 aliphatic heterocycles. The molecule has 0 spiro atoms. The number of piperidine rings is 1. The van der Waals surface area contributed by atoms with Crippen LogP contribution in [0.4, 0.5) is 13.9 Å². The number of carbonyl (C=O) groups excluding carboxylic acids is 1. The Bertz CT molecular complexity index is 1310. The highest BCUT2D eigenvalue weighted by Gasteiger charge is 2.28. The second-order valence-electron chi connectivity index (χ2n) is 8.01. The van der Waals surface area contributed by atoms with E-state index >= 15 is 0 Å². The van der Waals surface area contributed by atoms with E-state index in [0.717, 1.165) is 27.5 Å². The predicted octanol–water partition coefficient (Wildman–Crippen LogP) is 6.64. The van der Waals surface area contributed by atoms with Crippen molar-refractivity contribution in [2.75, 3.05) is 18.0 Å². The van der Waals surface area contributed by atoms with E-state index in [1.54, 1.807) is 36.4 Å². The Morgan fingerprint density at radius 1 is 0.765 bits per heavy atom. The number of rotatable bonds is 4. The zero-order chi connectivity index (χ0) is 23.5. The SMILES string of the molecule is O=C1/C(=C/c2ccc(F)cc2)CN(c2nc(-c3ccccc3)cs2)C/C1=C\c1ccc(F)cc1. The quantitative estimate of drug-likeness (QED) is 0.313. The number of benzene rings is 3. The number of nitrogens with zero attached hydrogens (tertiary/aromatic N) is 2. The first-order chi connectivity index (χ1) is 16.5. The summed E-state index contributed by atoms with van der Waals surface area (Å²) in [6, 6.07) is 22.0. The van der Waals surface area contributed by atoms with Crippen molar-refractivity contribution in [3.8, 4) is 11.3 Å². The van der Waals surface area contributed by atoms with Crippen LogP contribution >= 0.6 is 11.3 Å².